The maximum absolute atomic E-state index is 10.1. The van der Waals surface area contributed by atoms with Crippen LogP contribution in [0.3, 0.4) is 0 Å². The van der Waals surface area contributed by atoms with Crippen LogP contribution in [0.2, 0.25) is 0 Å². The Bertz CT molecular complexity index is 1550. The predicted molar refractivity (Wildman–Crippen MR) is 130 cm³/mol. The second-order valence-corrected chi connectivity index (χ2v) is 8.25. The lowest BCUT2D eigenvalue weighted by molar-refractivity contribution is 0.295. The molecular weight excluding hydrogens is 460 g/mol. The summed E-state index contributed by atoms with van der Waals surface area (Å²) in [6.07, 6.45) is 1.57. The smallest absolute Gasteiger partial charge is 0.228 e. The Morgan fingerprint density at radius 3 is 2.33 bits per heavy atom. The van der Waals surface area contributed by atoms with Gasteiger partial charge in [0.05, 0.1) is 19.8 Å². The highest BCUT2D eigenvalue weighted by molar-refractivity contribution is 5.66. The van der Waals surface area contributed by atoms with Gasteiger partial charge in [-0.2, -0.15) is 0 Å². The van der Waals surface area contributed by atoms with Gasteiger partial charge in [-0.15, -0.1) is 5.10 Å². The second-order valence-electron chi connectivity index (χ2n) is 8.25. The predicted octanol–water partition coefficient (Wildman–Crippen LogP) is 4.71. The number of methoxy groups -OCH3 is 2. The molecule has 0 fully saturated rings. The van der Waals surface area contributed by atoms with Gasteiger partial charge in [-0.25, -0.2) is 14.5 Å². The van der Waals surface area contributed by atoms with Crippen molar-refractivity contribution in [2.24, 2.45) is 0 Å². The third-order valence-electron chi connectivity index (χ3n) is 6.11. The molecule has 3 heterocycles. The van der Waals surface area contributed by atoms with Crippen molar-refractivity contribution in [2.45, 2.75) is 12.5 Å². The first kappa shape index (κ1) is 21.7. The monoisotopic (exact) mass is 482 g/mol. The number of aromatic hydroxyl groups is 1. The number of phenols is 1. The number of phenolic OH excluding ortho intramolecular Hbond substituents is 1. The van der Waals surface area contributed by atoms with Crippen molar-refractivity contribution in [1.29, 1.82) is 0 Å². The van der Waals surface area contributed by atoms with Crippen molar-refractivity contribution in [2.75, 3.05) is 14.2 Å². The molecule has 0 aliphatic carbocycles. The van der Waals surface area contributed by atoms with E-state index in [1.54, 1.807) is 37.2 Å². The summed E-state index contributed by atoms with van der Waals surface area (Å²) in [4.78, 5) is 9.30. The standard InChI is InChI=1S/C27H22N4O5/c1-33-18-6-3-16(4-7-18)24-21-12-5-17(32)13-22(21)36-27-25(24)26-29-23(30-31(26)15-28-27)14-35-20-10-8-19(34-2)9-11-20/h3-13,15,24,32H,14H2,1-2H3/t24-/m0/s1. The van der Waals surface area contributed by atoms with Crippen LogP contribution in [0.4, 0.5) is 0 Å². The highest BCUT2D eigenvalue weighted by Crippen LogP contribution is 2.48. The Kier molecular flexibility index (Phi) is 5.29. The van der Waals surface area contributed by atoms with Gasteiger partial charge in [0.15, 0.2) is 11.5 Å². The first-order valence-electron chi connectivity index (χ1n) is 11.3. The van der Waals surface area contributed by atoms with Crippen molar-refractivity contribution in [3.63, 3.8) is 0 Å². The first-order chi connectivity index (χ1) is 17.6. The topological polar surface area (TPSA) is 100 Å². The van der Waals surface area contributed by atoms with E-state index in [1.165, 1.54) is 0 Å². The molecule has 0 spiro atoms. The number of benzene rings is 3. The summed E-state index contributed by atoms with van der Waals surface area (Å²) < 4.78 is 24.2. The van der Waals surface area contributed by atoms with Gasteiger partial charge in [-0.05, 0) is 48.0 Å². The van der Waals surface area contributed by atoms with Crippen molar-refractivity contribution in [3.05, 3.63) is 95.6 Å². The van der Waals surface area contributed by atoms with Gasteiger partial charge in [0.25, 0.3) is 0 Å². The minimum Gasteiger partial charge on any atom is -0.508 e. The van der Waals surface area contributed by atoms with Crippen LogP contribution in [0.15, 0.2) is 73.1 Å². The summed E-state index contributed by atoms with van der Waals surface area (Å²) in [6.45, 7) is 0.182. The fourth-order valence-corrected chi connectivity index (χ4v) is 4.37. The summed E-state index contributed by atoms with van der Waals surface area (Å²) in [7, 11) is 3.26. The molecular formula is C27H22N4O5. The van der Waals surface area contributed by atoms with Gasteiger partial charge in [0.1, 0.15) is 41.7 Å². The number of hydrogen-bond donors (Lipinski definition) is 1. The van der Waals surface area contributed by atoms with Crippen LogP contribution < -0.4 is 18.9 Å². The largest absolute Gasteiger partial charge is 0.508 e. The average Bonchev–Trinajstić information content (AvgIpc) is 3.34. The maximum Gasteiger partial charge on any atom is 0.228 e. The summed E-state index contributed by atoms with van der Waals surface area (Å²) in [5, 5.41) is 14.6. The minimum absolute atomic E-state index is 0.118. The molecule has 9 heteroatoms. The highest BCUT2D eigenvalue weighted by atomic mass is 16.5. The number of rotatable bonds is 6. The summed E-state index contributed by atoms with van der Waals surface area (Å²) in [5.41, 5.74) is 3.29. The Hall–Kier alpha value is -4.79. The van der Waals surface area contributed by atoms with Crippen LogP contribution >= 0.6 is 0 Å². The highest BCUT2D eigenvalue weighted by Gasteiger charge is 2.33. The number of nitrogens with zero attached hydrogens (tertiary/aromatic N) is 4. The van der Waals surface area contributed by atoms with Crippen molar-refractivity contribution in [3.8, 4) is 34.6 Å². The Labute approximate surface area is 206 Å². The summed E-state index contributed by atoms with van der Waals surface area (Å²) >= 11 is 0. The molecule has 2 aromatic heterocycles. The van der Waals surface area contributed by atoms with Crippen LogP contribution in [0.25, 0.3) is 5.65 Å². The molecule has 1 aliphatic heterocycles. The molecule has 36 heavy (non-hydrogen) atoms. The molecule has 1 aliphatic rings. The maximum atomic E-state index is 10.1. The molecule has 0 bridgehead atoms. The lowest BCUT2D eigenvalue weighted by atomic mass is 9.84. The lowest BCUT2D eigenvalue weighted by Gasteiger charge is -2.28. The molecule has 180 valence electrons. The van der Waals surface area contributed by atoms with E-state index in [0.29, 0.717) is 28.9 Å². The Morgan fingerprint density at radius 2 is 1.61 bits per heavy atom. The van der Waals surface area contributed by atoms with Gasteiger partial charge in [0.2, 0.25) is 5.88 Å². The molecule has 0 unspecified atom stereocenters. The third kappa shape index (κ3) is 3.80. The fraction of sp³-hybridized carbons (Fsp3) is 0.148. The molecule has 5 aromatic rings. The first-order valence-corrected chi connectivity index (χ1v) is 11.3. The summed E-state index contributed by atoms with van der Waals surface area (Å²) in [6, 6.07) is 20.3. The molecule has 3 aromatic carbocycles. The molecule has 0 saturated carbocycles. The molecule has 1 atom stereocenters. The van der Waals surface area contributed by atoms with Gasteiger partial charge >= 0.3 is 0 Å². The van der Waals surface area contributed by atoms with Crippen LogP contribution in [0.5, 0.6) is 34.6 Å². The lowest BCUT2D eigenvalue weighted by Crippen LogP contribution is -2.15. The normalized spacial score (nSPS) is 14.0. The zero-order valence-corrected chi connectivity index (χ0v) is 19.6. The van der Waals surface area contributed by atoms with Crippen LogP contribution in [0, 0.1) is 0 Å². The van der Waals surface area contributed by atoms with E-state index in [0.717, 1.165) is 28.2 Å². The SMILES string of the molecule is COc1ccc(OCc2nc3c4c(ncn3n2)Oc2cc(O)ccc2[C@@H]4c2ccc(OC)cc2)cc1. The fourth-order valence-electron chi connectivity index (χ4n) is 4.37. The number of aromatic nitrogens is 4. The van der Waals surface area contributed by atoms with Gasteiger partial charge < -0.3 is 24.1 Å². The molecule has 9 nitrogen and oxygen atoms in total. The molecule has 1 N–H and O–H groups in total. The minimum atomic E-state index is -0.244. The number of ether oxygens (including phenoxy) is 4. The van der Waals surface area contributed by atoms with Gasteiger partial charge in [-0.3, -0.25) is 0 Å². The Balaban J connectivity index is 1.41. The second kappa shape index (κ2) is 8.77. The zero-order valence-electron chi connectivity index (χ0n) is 19.6. The van der Waals surface area contributed by atoms with E-state index in [1.807, 2.05) is 54.6 Å². The molecule has 0 saturated heterocycles. The summed E-state index contributed by atoms with van der Waals surface area (Å²) in [5.74, 6) is 3.53. The zero-order chi connectivity index (χ0) is 24.6. The van der Waals surface area contributed by atoms with Crippen molar-refractivity contribution < 1.29 is 24.1 Å². The van der Waals surface area contributed by atoms with E-state index in [2.05, 4.69) is 10.1 Å². The van der Waals surface area contributed by atoms with E-state index in [9.17, 15) is 5.11 Å². The molecule has 0 radical (unpaired) electrons. The number of fused-ring (bicyclic) bond motifs is 4. The van der Waals surface area contributed by atoms with Gasteiger partial charge in [-0.1, -0.05) is 18.2 Å². The van der Waals surface area contributed by atoms with Crippen LogP contribution in [-0.2, 0) is 6.61 Å². The van der Waals surface area contributed by atoms with Crippen molar-refractivity contribution in [1.82, 2.24) is 19.6 Å². The molecule has 0 amide bonds. The van der Waals surface area contributed by atoms with Crippen molar-refractivity contribution >= 4 is 5.65 Å². The number of hydrogen-bond acceptors (Lipinski definition) is 8. The van der Waals surface area contributed by atoms with Crippen LogP contribution in [0.1, 0.15) is 28.4 Å². The third-order valence-corrected chi connectivity index (χ3v) is 6.11. The van der Waals surface area contributed by atoms with E-state index in [4.69, 9.17) is 23.9 Å². The van der Waals surface area contributed by atoms with Crippen LogP contribution in [-0.4, -0.2) is 38.9 Å². The van der Waals surface area contributed by atoms with E-state index in [-0.39, 0.29) is 18.3 Å². The average molecular weight is 482 g/mol. The quantitative estimate of drug-likeness (QED) is 0.364. The molecule has 6 rings (SSSR count). The van der Waals surface area contributed by atoms with E-state index < -0.39 is 0 Å². The van der Waals surface area contributed by atoms with Gasteiger partial charge in [0, 0.05) is 17.5 Å². The van der Waals surface area contributed by atoms with E-state index >= 15 is 0 Å². The Morgan fingerprint density at radius 1 is 0.917 bits per heavy atom.